The third-order valence-electron chi connectivity index (χ3n) is 4.62. The number of nitrogens with zero attached hydrogens (tertiary/aromatic N) is 4. The zero-order valence-corrected chi connectivity index (χ0v) is 18.1. The van der Waals surface area contributed by atoms with Gasteiger partial charge in [0.2, 0.25) is 11.7 Å². The largest absolute Gasteiger partial charge is 0.416 e. The van der Waals surface area contributed by atoms with Gasteiger partial charge in [-0.2, -0.15) is 18.2 Å². The molecule has 0 amide bonds. The summed E-state index contributed by atoms with van der Waals surface area (Å²) in [6.45, 7) is 4.52. The van der Waals surface area contributed by atoms with Crippen LogP contribution in [0.3, 0.4) is 0 Å². The summed E-state index contributed by atoms with van der Waals surface area (Å²) in [6.07, 6.45) is -4.46. The molecule has 0 radical (unpaired) electrons. The van der Waals surface area contributed by atoms with Crippen molar-refractivity contribution >= 4 is 22.7 Å². The predicted molar refractivity (Wildman–Crippen MR) is 115 cm³/mol. The molecular weight excluding hydrogens is 441 g/mol. The summed E-state index contributed by atoms with van der Waals surface area (Å²) in [4.78, 5) is 21.8. The molecule has 4 aromatic rings. The monoisotopic (exact) mass is 460 g/mol. The van der Waals surface area contributed by atoms with Gasteiger partial charge in [0.05, 0.1) is 22.2 Å². The third kappa shape index (κ3) is 4.69. The second-order valence-corrected chi connectivity index (χ2v) is 8.54. The van der Waals surface area contributed by atoms with E-state index in [4.69, 9.17) is 4.52 Å². The smallest absolute Gasteiger partial charge is 0.338 e. The summed E-state index contributed by atoms with van der Waals surface area (Å²) in [5.74, 6) is 0.735. The lowest BCUT2D eigenvalue weighted by atomic mass is 10.1. The van der Waals surface area contributed by atoms with Crippen LogP contribution in [-0.2, 0) is 18.5 Å². The molecule has 2 heterocycles. The molecule has 0 bridgehead atoms. The Kier molecular flexibility index (Phi) is 6.05. The highest BCUT2D eigenvalue weighted by Gasteiger charge is 2.30. The zero-order valence-electron chi connectivity index (χ0n) is 17.3. The molecule has 0 aliphatic rings. The Morgan fingerprint density at radius 1 is 1.09 bits per heavy atom. The third-order valence-corrected chi connectivity index (χ3v) is 5.58. The quantitative estimate of drug-likeness (QED) is 0.283. The molecule has 166 valence electrons. The van der Waals surface area contributed by atoms with Crippen molar-refractivity contribution in [2.75, 3.05) is 0 Å². The first kappa shape index (κ1) is 22.1. The lowest BCUT2D eigenvalue weighted by Crippen LogP contribution is -2.25. The Labute approximate surface area is 185 Å². The first-order valence-corrected chi connectivity index (χ1v) is 10.8. The molecule has 0 fully saturated rings. The van der Waals surface area contributed by atoms with Gasteiger partial charge in [-0.15, -0.1) is 0 Å². The Morgan fingerprint density at radius 2 is 1.88 bits per heavy atom. The fraction of sp³-hybridized carbons (Fsp3) is 0.273. The minimum Gasteiger partial charge on any atom is -0.338 e. The van der Waals surface area contributed by atoms with Gasteiger partial charge < -0.3 is 4.52 Å². The van der Waals surface area contributed by atoms with Crippen LogP contribution in [0.1, 0.15) is 25.3 Å². The minimum absolute atomic E-state index is 0.0674. The highest BCUT2D eigenvalue weighted by molar-refractivity contribution is 7.98. The van der Waals surface area contributed by atoms with Crippen LogP contribution in [0.2, 0.25) is 0 Å². The van der Waals surface area contributed by atoms with Gasteiger partial charge in [0.1, 0.15) is 0 Å². The molecule has 0 saturated carbocycles. The summed E-state index contributed by atoms with van der Waals surface area (Å²) in [7, 11) is 0. The van der Waals surface area contributed by atoms with E-state index in [2.05, 4.69) is 15.1 Å². The van der Waals surface area contributed by atoms with Gasteiger partial charge in [0.15, 0.2) is 5.16 Å². The summed E-state index contributed by atoms with van der Waals surface area (Å²) in [6, 6.07) is 11.9. The number of hydrogen-bond donors (Lipinski definition) is 0. The fourth-order valence-corrected chi connectivity index (χ4v) is 4.02. The lowest BCUT2D eigenvalue weighted by molar-refractivity contribution is -0.137. The number of para-hydroxylation sites is 1. The summed E-state index contributed by atoms with van der Waals surface area (Å²) in [5, 5.41) is 4.86. The average Bonchev–Trinajstić information content (AvgIpc) is 3.23. The first-order chi connectivity index (χ1) is 15.2. The van der Waals surface area contributed by atoms with Gasteiger partial charge >= 0.3 is 6.18 Å². The standard InChI is InChI=1S/C22H19F3N4O2S/c1-13(2)11-29-20(30)16-8-3-4-9-17(16)26-21(29)32-12-18-27-19(28-31-18)14-6-5-7-15(10-14)22(23,24)25/h3-10,13H,11-12H2,1-2H3. The van der Waals surface area contributed by atoms with Crippen LogP contribution in [0, 0.1) is 5.92 Å². The molecule has 0 aliphatic heterocycles. The number of halogens is 3. The van der Waals surface area contributed by atoms with Gasteiger partial charge in [-0.25, -0.2) is 4.98 Å². The van der Waals surface area contributed by atoms with E-state index < -0.39 is 11.7 Å². The number of aromatic nitrogens is 4. The molecule has 6 nitrogen and oxygen atoms in total. The predicted octanol–water partition coefficient (Wildman–Crippen LogP) is 5.41. The van der Waals surface area contributed by atoms with Gasteiger partial charge in [-0.3, -0.25) is 9.36 Å². The molecule has 0 atom stereocenters. The van der Waals surface area contributed by atoms with Crippen LogP contribution in [0.5, 0.6) is 0 Å². The van der Waals surface area contributed by atoms with E-state index in [-0.39, 0.29) is 34.5 Å². The summed E-state index contributed by atoms with van der Waals surface area (Å²) >= 11 is 1.26. The molecule has 0 unspecified atom stereocenters. The van der Waals surface area contributed by atoms with Gasteiger partial charge in [0.25, 0.3) is 5.56 Å². The van der Waals surface area contributed by atoms with Crippen LogP contribution in [0.25, 0.3) is 22.3 Å². The number of benzene rings is 2. The molecule has 2 aromatic carbocycles. The van der Waals surface area contributed by atoms with Crippen molar-refractivity contribution in [3.8, 4) is 11.4 Å². The van der Waals surface area contributed by atoms with Crippen molar-refractivity contribution in [1.29, 1.82) is 0 Å². The van der Waals surface area contributed by atoms with Gasteiger partial charge in [-0.1, -0.05) is 55.0 Å². The van der Waals surface area contributed by atoms with E-state index in [0.717, 1.165) is 12.1 Å². The maximum Gasteiger partial charge on any atom is 0.416 e. The molecule has 0 N–H and O–H groups in total. The topological polar surface area (TPSA) is 73.8 Å². The number of rotatable bonds is 6. The minimum atomic E-state index is -4.46. The van der Waals surface area contributed by atoms with E-state index in [1.165, 1.54) is 23.9 Å². The Bertz CT molecular complexity index is 1310. The first-order valence-electron chi connectivity index (χ1n) is 9.85. The molecule has 2 aromatic heterocycles. The summed E-state index contributed by atoms with van der Waals surface area (Å²) < 4.78 is 45.8. The van der Waals surface area contributed by atoms with Crippen LogP contribution in [0.15, 0.2) is 63.0 Å². The van der Waals surface area contributed by atoms with Gasteiger partial charge in [0, 0.05) is 12.1 Å². The van der Waals surface area contributed by atoms with Crippen molar-refractivity contribution in [3.63, 3.8) is 0 Å². The van der Waals surface area contributed by atoms with E-state index in [0.29, 0.717) is 22.6 Å². The lowest BCUT2D eigenvalue weighted by Gasteiger charge is -2.14. The molecule has 10 heteroatoms. The number of hydrogen-bond acceptors (Lipinski definition) is 6. The van der Waals surface area contributed by atoms with Crippen LogP contribution in [-0.4, -0.2) is 19.7 Å². The zero-order chi connectivity index (χ0) is 22.9. The van der Waals surface area contributed by atoms with Crippen molar-refractivity contribution in [1.82, 2.24) is 19.7 Å². The van der Waals surface area contributed by atoms with Crippen LogP contribution in [0.4, 0.5) is 13.2 Å². The van der Waals surface area contributed by atoms with Crippen LogP contribution >= 0.6 is 11.8 Å². The molecule has 0 saturated heterocycles. The van der Waals surface area contributed by atoms with E-state index in [9.17, 15) is 18.0 Å². The molecule has 4 rings (SSSR count). The van der Waals surface area contributed by atoms with Crippen molar-refractivity contribution in [2.24, 2.45) is 5.92 Å². The second-order valence-electron chi connectivity index (χ2n) is 7.60. The summed E-state index contributed by atoms with van der Waals surface area (Å²) in [5.41, 5.74) is -0.105. The molecule has 32 heavy (non-hydrogen) atoms. The normalized spacial score (nSPS) is 12.1. The molecule has 0 aliphatic carbocycles. The van der Waals surface area contributed by atoms with E-state index >= 15 is 0 Å². The fourth-order valence-electron chi connectivity index (χ4n) is 3.18. The number of alkyl halides is 3. The number of fused-ring (bicyclic) bond motifs is 1. The number of thioether (sulfide) groups is 1. The maximum atomic E-state index is 13.0. The van der Waals surface area contributed by atoms with E-state index in [1.807, 2.05) is 19.9 Å². The van der Waals surface area contributed by atoms with Gasteiger partial charge in [-0.05, 0) is 30.2 Å². The Morgan fingerprint density at radius 3 is 2.62 bits per heavy atom. The Balaban J connectivity index is 1.60. The molecular formula is C22H19F3N4O2S. The second kappa shape index (κ2) is 8.78. The Hall–Kier alpha value is -3.14. The average molecular weight is 460 g/mol. The van der Waals surface area contributed by atoms with Crippen molar-refractivity contribution in [3.05, 3.63) is 70.3 Å². The molecule has 0 spiro atoms. The highest BCUT2D eigenvalue weighted by Crippen LogP contribution is 2.31. The SMILES string of the molecule is CC(C)Cn1c(SCc2nc(-c3cccc(C(F)(F)F)c3)no2)nc2ccccc2c1=O. The maximum absolute atomic E-state index is 13.0. The van der Waals surface area contributed by atoms with Crippen molar-refractivity contribution < 1.29 is 17.7 Å². The van der Waals surface area contributed by atoms with Crippen LogP contribution < -0.4 is 5.56 Å². The van der Waals surface area contributed by atoms with E-state index in [1.54, 1.807) is 22.8 Å². The van der Waals surface area contributed by atoms with Crippen molar-refractivity contribution in [2.45, 2.75) is 37.5 Å². The highest BCUT2D eigenvalue weighted by atomic mass is 32.2.